The fourth-order valence-electron chi connectivity index (χ4n) is 3.19. The number of aromatic nitrogens is 2. The minimum atomic E-state index is -0.922. The van der Waals surface area contributed by atoms with Crippen molar-refractivity contribution in [3.63, 3.8) is 0 Å². The molecule has 1 fully saturated rings. The molecule has 1 aliphatic rings. The fourth-order valence-corrected chi connectivity index (χ4v) is 3.19. The Morgan fingerprint density at radius 3 is 2.88 bits per heavy atom. The number of carbonyl (C=O) groups is 2. The van der Waals surface area contributed by atoms with Crippen molar-refractivity contribution in [3.05, 3.63) is 53.3 Å². The molecule has 0 radical (unpaired) electrons. The highest BCUT2D eigenvalue weighted by Gasteiger charge is 2.25. The summed E-state index contributed by atoms with van der Waals surface area (Å²) in [6.45, 7) is 3.55. The summed E-state index contributed by atoms with van der Waals surface area (Å²) in [5, 5.41) is 13.3. The van der Waals surface area contributed by atoms with Gasteiger partial charge >= 0.3 is 5.97 Å². The molecule has 1 aromatic heterocycles. The summed E-state index contributed by atoms with van der Waals surface area (Å²) >= 11 is 0. The highest BCUT2D eigenvalue weighted by atomic mass is 16.4. The second kappa shape index (κ2) is 6.86. The topological polar surface area (TPSA) is 75.4 Å². The maximum absolute atomic E-state index is 12.5. The Morgan fingerprint density at radius 2 is 2.17 bits per heavy atom. The van der Waals surface area contributed by atoms with Crippen LogP contribution in [0.5, 0.6) is 0 Å². The predicted molar refractivity (Wildman–Crippen MR) is 88.9 cm³/mol. The number of nitrogens with zero attached hydrogens (tertiary/aromatic N) is 3. The summed E-state index contributed by atoms with van der Waals surface area (Å²) in [5.74, 6) is -0.684. The van der Waals surface area contributed by atoms with Crippen LogP contribution in [0.3, 0.4) is 0 Å². The van der Waals surface area contributed by atoms with E-state index in [4.69, 9.17) is 5.11 Å². The first-order valence-corrected chi connectivity index (χ1v) is 8.14. The number of likely N-dealkylation sites (tertiary alicyclic amines) is 1. The molecule has 126 valence electrons. The van der Waals surface area contributed by atoms with E-state index in [2.05, 4.69) is 5.10 Å². The van der Waals surface area contributed by atoms with Gasteiger partial charge in [0.1, 0.15) is 6.54 Å². The summed E-state index contributed by atoms with van der Waals surface area (Å²) in [6, 6.07) is 8.91. The van der Waals surface area contributed by atoms with Crippen LogP contribution in [0.4, 0.5) is 0 Å². The number of carboxylic acid groups (broad SMARTS) is 1. The second-order valence-electron chi connectivity index (χ2n) is 6.24. The van der Waals surface area contributed by atoms with Gasteiger partial charge in [-0.3, -0.25) is 9.48 Å². The molecule has 2 heterocycles. The fraction of sp³-hybridized carbons (Fsp3) is 0.389. The number of carboxylic acids is 1. The van der Waals surface area contributed by atoms with E-state index in [1.165, 1.54) is 0 Å². The maximum atomic E-state index is 12.5. The van der Waals surface area contributed by atoms with Crippen molar-refractivity contribution in [2.75, 3.05) is 13.1 Å². The van der Waals surface area contributed by atoms with Crippen LogP contribution >= 0.6 is 0 Å². The van der Waals surface area contributed by atoms with E-state index in [9.17, 15) is 9.59 Å². The van der Waals surface area contributed by atoms with Gasteiger partial charge in [-0.15, -0.1) is 0 Å². The van der Waals surface area contributed by atoms with Gasteiger partial charge in [-0.1, -0.05) is 12.1 Å². The number of aryl methyl sites for hydroxylation is 1. The minimum Gasteiger partial charge on any atom is -0.478 e. The molecular formula is C18H21N3O3. The lowest BCUT2D eigenvalue weighted by Gasteiger charge is -2.33. The number of hydrogen-bond acceptors (Lipinski definition) is 3. The number of benzene rings is 1. The lowest BCUT2D eigenvalue weighted by atomic mass is 9.89. The first kappa shape index (κ1) is 16.2. The molecule has 1 amide bonds. The molecular weight excluding hydrogens is 306 g/mol. The summed E-state index contributed by atoms with van der Waals surface area (Å²) in [4.78, 5) is 25.5. The average molecular weight is 327 g/mol. The lowest BCUT2D eigenvalue weighted by molar-refractivity contribution is -0.133. The molecule has 24 heavy (non-hydrogen) atoms. The normalized spacial score (nSPS) is 17.7. The maximum Gasteiger partial charge on any atom is 0.335 e. The van der Waals surface area contributed by atoms with Crippen molar-refractivity contribution >= 4 is 11.9 Å². The number of rotatable bonds is 4. The Balaban J connectivity index is 1.70. The van der Waals surface area contributed by atoms with E-state index < -0.39 is 5.97 Å². The van der Waals surface area contributed by atoms with Gasteiger partial charge in [-0.05, 0) is 43.5 Å². The van der Waals surface area contributed by atoms with E-state index in [1.807, 2.05) is 24.0 Å². The molecule has 0 saturated carbocycles. The van der Waals surface area contributed by atoms with Crippen molar-refractivity contribution in [2.24, 2.45) is 0 Å². The van der Waals surface area contributed by atoms with E-state index in [1.54, 1.807) is 29.1 Å². The van der Waals surface area contributed by atoms with Crippen LogP contribution < -0.4 is 0 Å². The smallest absolute Gasteiger partial charge is 0.335 e. The SMILES string of the molecule is Cc1ccnn1CC(=O)N1CCC[C@H](c2cccc(C(=O)O)c2)C1. The number of aromatic carboxylic acids is 1. The minimum absolute atomic E-state index is 0.0564. The van der Waals surface area contributed by atoms with Crippen LogP contribution in [0.15, 0.2) is 36.5 Å². The van der Waals surface area contributed by atoms with Crippen LogP contribution in [0, 0.1) is 6.92 Å². The van der Waals surface area contributed by atoms with Gasteiger partial charge in [0.2, 0.25) is 5.91 Å². The summed E-state index contributed by atoms with van der Waals surface area (Å²) < 4.78 is 1.71. The molecule has 1 atom stereocenters. The van der Waals surface area contributed by atoms with Crippen molar-refractivity contribution in [2.45, 2.75) is 32.2 Å². The van der Waals surface area contributed by atoms with Crippen molar-refractivity contribution < 1.29 is 14.7 Å². The highest BCUT2D eigenvalue weighted by Crippen LogP contribution is 2.27. The quantitative estimate of drug-likeness (QED) is 0.935. The standard InChI is InChI=1S/C18H21N3O3/c1-13-7-8-19-21(13)12-17(22)20-9-3-6-16(11-20)14-4-2-5-15(10-14)18(23)24/h2,4-5,7-8,10,16H,3,6,9,11-12H2,1H3,(H,23,24)/t16-/m0/s1. The summed E-state index contributed by atoms with van der Waals surface area (Å²) in [5.41, 5.74) is 2.25. The van der Waals surface area contributed by atoms with Gasteiger partial charge < -0.3 is 10.0 Å². The number of carbonyl (C=O) groups excluding carboxylic acids is 1. The molecule has 0 aliphatic carbocycles. The number of hydrogen-bond donors (Lipinski definition) is 1. The zero-order valence-electron chi connectivity index (χ0n) is 13.7. The molecule has 2 aromatic rings. The van der Waals surface area contributed by atoms with Gasteiger partial charge in [0.15, 0.2) is 0 Å². The third-order valence-corrected chi connectivity index (χ3v) is 4.59. The van der Waals surface area contributed by atoms with E-state index in [0.29, 0.717) is 12.1 Å². The molecule has 1 aliphatic heterocycles. The van der Waals surface area contributed by atoms with Crippen molar-refractivity contribution in [1.82, 2.24) is 14.7 Å². The Bertz CT molecular complexity index is 753. The lowest BCUT2D eigenvalue weighted by Crippen LogP contribution is -2.41. The Morgan fingerprint density at radius 1 is 1.33 bits per heavy atom. The van der Waals surface area contributed by atoms with Crippen LogP contribution in [0.25, 0.3) is 0 Å². The first-order chi connectivity index (χ1) is 11.5. The molecule has 6 heteroatoms. The zero-order chi connectivity index (χ0) is 17.1. The zero-order valence-corrected chi connectivity index (χ0v) is 13.7. The molecule has 0 bridgehead atoms. The van der Waals surface area contributed by atoms with E-state index in [0.717, 1.165) is 30.6 Å². The highest BCUT2D eigenvalue weighted by molar-refractivity contribution is 5.87. The van der Waals surface area contributed by atoms with Gasteiger partial charge in [0.25, 0.3) is 0 Å². The summed E-state index contributed by atoms with van der Waals surface area (Å²) in [6.07, 6.45) is 3.58. The van der Waals surface area contributed by atoms with Gasteiger partial charge in [0, 0.05) is 30.9 Å². The van der Waals surface area contributed by atoms with E-state index >= 15 is 0 Å². The number of piperidine rings is 1. The summed E-state index contributed by atoms with van der Waals surface area (Å²) in [7, 11) is 0. The molecule has 0 spiro atoms. The van der Waals surface area contributed by atoms with Crippen molar-refractivity contribution in [3.8, 4) is 0 Å². The Kier molecular flexibility index (Phi) is 4.64. The van der Waals surface area contributed by atoms with Crippen LogP contribution in [0.2, 0.25) is 0 Å². The third-order valence-electron chi connectivity index (χ3n) is 4.59. The monoisotopic (exact) mass is 327 g/mol. The Hall–Kier alpha value is -2.63. The van der Waals surface area contributed by atoms with Crippen molar-refractivity contribution in [1.29, 1.82) is 0 Å². The largest absolute Gasteiger partial charge is 0.478 e. The first-order valence-electron chi connectivity index (χ1n) is 8.14. The average Bonchev–Trinajstić information content (AvgIpc) is 3.00. The third kappa shape index (κ3) is 3.48. The van der Waals surface area contributed by atoms with Gasteiger partial charge in [0.05, 0.1) is 5.56 Å². The molecule has 6 nitrogen and oxygen atoms in total. The second-order valence-corrected chi connectivity index (χ2v) is 6.24. The van der Waals surface area contributed by atoms with Crippen LogP contribution in [-0.2, 0) is 11.3 Å². The predicted octanol–water partition coefficient (Wildman–Crippen LogP) is 2.30. The molecule has 1 aromatic carbocycles. The van der Waals surface area contributed by atoms with Crippen LogP contribution in [0.1, 0.15) is 40.4 Å². The van der Waals surface area contributed by atoms with Crippen LogP contribution in [-0.4, -0.2) is 44.8 Å². The van der Waals surface area contributed by atoms with E-state index in [-0.39, 0.29) is 18.4 Å². The molecule has 0 unspecified atom stereocenters. The Labute approximate surface area is 140 Å². The van der Waals surface area contributed by atoms with Gasteiger partial charge in [-0.25, -0.2) is 4.79 Å². The molecule has 1 N–H and O–H groups in total. The van der Waals surface area contributed by atoms with Gasteiger partial charge in [-0.2, -0.15) is 5.10 Å². The molecule has 3 rings (SSSR count). The molecule has 1 saturated heterocycles. The number of amides is 1.